The van der Waals surface area contributed by atoms with Crippen molar-refractivity contribution in [3.8, 4) is 0 Å². The summed E-state index contributed by atoms with van der Waals surface area (Å²) in [5, 5.41) is 2.75. The van der Waals surface area contributed by atoms with Crippen LogP contribution in [0.4, 0.5) is 13.6 Å². The van der Waals surface area contributed by atoms with Crippen molar-refractivity contribution in [1.82, 2.24) is 10.2 Å². The number of nitrogens with two attached hydrogens (primary N) is 1. The van der Waals surface area contributed by atoms with E-state index in [4.69, 9.17) is 10.5 Å². The van der Waals surface area contributed by atoms with Gasteiger partial charge in [0, 0.05) is 31.3 Å². The van der Waals surface area contributed by atoms with Gasteiger partial charge < -0.3 is 20.7 Å². The van der Waals surface area contributed by atoms with E-state index in [0.29, 0.717) is 25.6 Å². The number of piperidine rings is 1. The van der Waals surface area contributed by atoms with Crippen molar-refractivity contribution in [2.75, 3.05) is 19.7 Å². The first-order valence-corrected chi connectivity index (χ1v) is 8.84. The van der Waals surface area contributed by atoms with Gasteiger partial charge in [0.2, 0.25) is 0 Å². The monoisotopic (exact) mass is 353 g/mol. The Morgan fingerprint density at radius 1 is 1.32 bits per heavy atom. The molecule has 0 saturated carbocycles. The molecule has 0 radical (unpaired) electrons. The van der Waals surface area contributed by atoms with Crippen LogP contribution in [0.2, 0.25) is 0 Å². The van der Waals surface area contributed by atoms with E-state index >= 15 is 0 Å². The fourth-order valence-electron chi connectivity index (χ4n) is 3.75. The molecule has 0 bridgehead atoms. The number of ether oxygens (including phenoxy) is 1. The second kappa shape index (κ2) is 7.66. The first kappa shape index (κ1) is 18.1. The molecule has 3 N–H and O–H groups in total. The lowest BCUT2D eigenvalue weighted by molar-refractivity contribution is 0.0308. The van der Waals surface area contributed by atoms with Crippen LogP contribution in [0.15, 0.2) is 18.2 Å². The van der Waals surface area contributed by atoms with Crippen LogP contribution >= 0.6 is 0 Å². The summed E-state index contributed by atoms with van der Waals surface area (Å²) < 4.78 is 32.9. The Hall–Kier alpha value is -1.73. The van der Waals surface area contributed by atoms with Crippen LogP contribution in [-0.2, 0) is 4.74 Å². The predicted molar refractivity (Wildman–Crippen MR) is 89.9 cm³/mol. The lowest BCUT2D eigenvalue weighted by Crippen LogP contribution is -2.48. The van der Waals surface area contributed by atoms with Crippen molar-refractivity contribution in [3.63, 3.8) is 0 Å². The zero-order chi connectivity index (χ0) is 18.0. The van der Waals surface area contributed by atoms with E-state index in [1.54, 1.807) is 11.8 Å². The van der Waals surface area contributed by atoms with Crippen LogP contribution < -0.4 is 11.1 Å². The molecular formula is C18H25F2N3O2. The van der Waals surface area contributed by atoms with Gasteiger partial charge in [-0.3, -0.25) is 0 Å². The van der Waals surface area contributed by atoms with Crippen LogP contribution in [0.25, 0.3) is 0 Å². The van der Waals surface area contributed by atoms with Gasteiger partial charge in [-0.2, -0.15) is 0 Å². The summed E-state index contributed by atoms with van der Waals surface area (Å²) in [5.41, 5.74) is 6.22. The van der Waals surface area contributed by atoms with Gasteiger partial charge in [-0.05, 0) is 38.2 Å². The number of nitrogens with zero attached hydrogens (tertiary/aromatic N) is 1. The fourth-order valence-corrected chi connectivity index (χ4v) is 3.75. The van der Waals surface area contributed by atoms with Crippen LogP contribution in [-0.4, -0.2) is 42.8 Å². The van der Waals surface area contributed by atoms with Gasteiger partial charge >= 0.3 is 6.03 Å². The first-order valence-electron chi connectivity index (χ1n) is 8.84. The molecule has 2 amide bonds. The third kappa shape index (κ3) is 3.93. The molecule has 2 heterocycles. The number of rotatable bonds is 3. The molecule has 3 atom stereocenters. The molecule has 0 aliphatic carbocycles. The highest BCUT2D eigenvalue weighted by molar-refractivity contribution is 5.74. The van der Waals surface area contributed by atoms with Gasteiger partial charge in [0.15, 0.2) is 11.6 Å². The zero-order valence-electron chi connectivity index (χ0n) is 14.4. The standard InChI is InChI=1S/C18H25F2N3O2/c1-11(13-3-2-4-14(19)16(13)20)22-18(24)23-8-5-12(6-9-23)17-15(21)7-10-25-17/h2-4,11-12,15,17H,5-10,21H2,1H3,(H,22,24)/t11?,15-,17+/m1/s1. The van der Waals surface area contributed by atoms with Gasteiger partial charge in [-0.15, -0.1) is 0 Å². The number of nitrogens with one attached hydrogen (secondary N) is 1. The molecule has 0 aromatic heterocycles. The van der Waals surface area contributed by atoms with E-state index < -0.39 is 17.7 Å². The van der Waals surface area contributed by atoms with Crippen molar-refractivity contribution in [2.45, 2.75) is 44.4 Å². The lowest BCUT2D eigenvalue weighted by atomic mass is 9.88. The van der Waals surface area contributed by atoms with Gasteiger partial charge in [0.1, 0.15) is 0 Å². The minimum atomic E-state index is -0.915. The topological polar surface area (TPSA) is 67.6 Å². The minimum absolute atomic E-state index is 0.0846. The third-order valence-corrected chi connectivity index (χ3v) is 5.26. The summed E-state index contributed by atoms with van der Waals surface area (Å²) in [6, 6.07) is 3.20. The van der Waals surface area contributed by atoms with Gasteiger partial charge in [0.05, 0.1) is 12.1 Å². The Bertz CT molecular complexity index is 620. The number of carbonyl (C=O) groups is 1. The number of likely N-dealkylation sites (tertiary alicyclic amines) is 1. The molecule has 2 aliphatic rings. The summed E-state index contributed by atoms with van der Waals surface area (Å²) in [4.78, 5) is 14.1. The maximum atomic E-state index is 13.8. The van der Waals surface area contributed by atoms with Gasteiger partial charge in [0.25, 0.3) is 0 Å². The van der Waals surface area contributed by atoms with E-state index in [-0.39, 0.29) is 23.7 Å². The van der Waals surface area contributed by atoms with E-state index in [2.05, 4.69) is 5.32 Å². The van der Waals surface area contributed by atoms with Crippen LogP contribution in [0.1, 0.15) is 37.8 Å². The van der Waals surface area contributed by atoms with E-state index in [9.17, 15) is 13.6 Å². The molecule has 2 fully saturated rings. The lowest BCUT2D eigenvalue weighted by Gasteiger charge is -2.36. The summed E-state index contributed by atoms with van der Waals surface area (Å²) in [6.45, 7) is 3.58. The second-order valence-electron chi connectivity index (χ2n) is 6.93. The number of hydrogen-bond donors (Lipinski definition) is 2. The quantitative estimate of drug-likeness (QED) is 0.878. The normalized spacial score (nSPS) is 25.8. The number of halogens is 2. The van der Waals surface area contributed by atoms with Gasteiger partial charge in [-0.25, -0.2) is 13.6 Å². The summed E-state index contributed by atoms with van der Waals surface area (Å²) in [7, 11) is 0. The highest BCUT2D eigenvalue weighted by Gasteiger charge is 2.35. The molecule has 1 unspecified atom stereocenters. The Labute approximate surface area is 146 Å². The van der Waals surface area contributed by atoms with Crippen molar-refractivity contribution < 1.29 is 18.3 Å². The molecular weight excluding hydrogens is 328 g/mol. The Kier molecular flexibility index (Phi) is 5.54. The maximum Gasteiger partial charge on any atom is 0.317 e. The van der Waals surface area contributed by atoms with Gasteiger partial charge in [-0.1, -0.05) is 12.1 Å². The molecule has 3 rings (SSSR count). The Morgan fingerprint density at radius 2 is 2.04 bits per heavy atom. The summed E-state index contributed by atoms with van der Waals surface area (Å²) in [6.07, 6.45) is 2.66. The molecule has 25 heavy (non-hydrogen) atoms. The van der Waals surface area contributed by atoms with E-state index in [0.717, 1.165) is 25.3 Å². The molecule has 1 aromatic carbocycles. The highest BCUT2D eigenvalue weighted by atomic mass is 19.2. The van der Waals surface area contributed by atoms with Crippen molar-refractivity contribution in [1.29, 1.82) is 0 Å². The predicted octanol–water partition coefficient (Wildman–Crippen LogP) is 2.56. The molecule has 5 nitrogen and oxygen atoms in total. The number of benzene rings is 1. The summed E-state index contributed by atoms with van der Waals surface area (Å²) in [5.74, 6) is -1.45. The number of amides is 2. The average Bonchev–Trinajstić information content (AvgIpc) is 3.03. The van der Waals surface area contributed by atoms with Crippen LogP contribution in [0.3, 0.4) is 0 Å². The smallest absolute Gasteiger partial charge is 0.317 e. The Morgan fingerprint density at radius 3 is 2.68 bits per heavy atom. The number of carbonyl (C=O) groups excluding carboxylic acids is 1. The third-order valence-electron chi connectivity index (χ3n) is 5.26. The van der Waals surface area contributed by atoms with Crippen LogP contribution in [0, 0.1) is 17.6 Å². The molecule has 2 aliphatic heterocycles. The first-order chi connectivity index (χ1) is 12.0. The van der Waals surface area contributed by atoms with E-state index in [1.165, 1.54) is 12.1 Å². The molecule has 0 spiro atoms. The van der Waals surface area contributed by atoms with E-state index in [1.807, 2.05) is 0 Å². The van der Waals surface area contributed by atoms with Crippen molar-refractivity contribution >= 4 is 6.03 Å². The zero-order valence-corrected chi connectivity index (χ0v) is 14.4. The largest absolute Gasteiger partial charge is 0.376 e. The number of urea groups is 1. The SMILES string of the molecule is CC(NC(=O)N1CCC([C@@H]2OCC[C@H]2N)CC1)c1cccc(F)c1F. The molecule has 1 aromatic rings. The average molecular weight is 353 g/mol. The molecule has 7 heteroatoms. The number of hydrogen-bond acceptors (Lipinski definition) is 3. The highest BCUT2D eigenvalue weighted by Crippen LogP contribution is 2.28. The fraction of sp³-hybridized carbons (Fsp3) is 0.611. The van der Waals surface area contributed by atoms with Crippen LogP contribution in [0.5, 0.6) is 0 Å². The maximum absolute atomic E-state index is 13.8. The summed E-state index contributed by atoms with van der Waals surface area (Å²) >= 11 is 0. The van der Waals surface area contributed by atoms with Crippen molar-refractivity contribution in [3.05, 3.63) is 35.4 Å². The molecule has 2 saturated heterocycles. The Balaban J connectivity index is 1.53. The van der Waals surface area contributed by atoms with Crippen molar-refractivity contribution in [2.24, 2.45) is 11.7 Å². The second-order valence-corrected chi connectivity index (χ2v) is 6.93. The minimum Gasteiger partial charge on any atom is -0.376 e. The molecule has 138 valence electrons.